The predicted octanol–water partition coefficient (Wildman–Crippen LogP) is 8.65. The van der Waals surface area contributed by atoms with E-state index in [-0.39, 0.29) is 59.3 Å². The van der Waals surface area contributed by atoms with Crippen LogP contribution in [0.25, 0.3) is 0 Å². The Bertz CT molecular complexity index is 2670. The SMILES string of the molecule is C.CC(C)(C)OC(=O)NCCOCCOCCN.CC(C)(C)OC(=O)NCCOCCOCCNC(=O)C(CCCCNC(=O)OCc1ccccc1)NC(=O)OCc1ccccc1.O=C(NCCCCC(NC(=O)OCc1ccccc1)C(=O)O)OCc1ccccc1. The minimum absolute atomic E-state index is 0. The van der Waals surface area contributed by atoms with E-state index in [1.165, 1.54) is 0 Å². The molecule has 0 saturated carbocycles. The van der Waals surface area contributed by atoms with Gasteiger partial charge in [-0.2, -0.15) is 0 Å². The van der Waals surface area contributed by atoms with Gasteiger partial charge in [-0.05, 0) is 102 Å². The van der Waals surface area contributed by atoms with Crippen molar-refractivity contribution >= 4 is 48.4 Å². The molecule has 0 fully saturated rings. The number of hydrogen-bond acceptors (Lipinski definition) is 19. The van der Waals surface area contributed by atoms with Gasteiger partial charge in [-0.25, -0.2) is 33.6 Å². The third kappa shape index (κ3) is 48.1. The van der Waals surface area contributed by atoms with Crippen LogP contribution in [0.3, 0.4) is 0 Å². The van der Waals surface area contributed by atoms with Gasteiger partial charge in [-0.1, -0.05) is 129 Å². The third-order valence-electron chi connectivity index (χ3n) is 11.8. The number of hydrogen-bond donors (Lipinski definition) is 9. The number of carboxylic acid groups (broad SMARTS) is 1. The molecule has 0 spiro atoms. The van der Waals surface area contributed by atoms with E-state index in [4.69, 9.17) is 53.1 Å². The summed E-state index contributed by atoms with van der Waals surface area (Å²) in [6.07, 6.45) is -0.768. The van der Waals surface area contributed by atoms with Gasteiger partial charge in [0.25, 0.3) is 0 Å². The number of alkyl carbamates (subject to hydrolysis) is 6. The first-order valence-electron chi connectivity index (χ1n) is 30.9. The summed E-state index contributed by atoms with van der Waals surface area (Å²) in [6.45, 7) is 16.6. The van der Waals surface area contributed by atoms with Crippen molar-refractivity contribution < 1.29 is 90.8 Å². The number of unbranched alkanes of at least 4 members (excludes halogenated alkanes) is 2. The Hall–Kier alpha value is -8.76. The van der Waals surface area contributed by atoms with Crippen molar-refractivity contribution in [3.05, 3.63) is 144 Å². The number of amides is 7. The molecule has 27 heteroatoms. The Balaban J connectivity index is 0.000000786. The maximum atomic E-state index is 12.9. The lowest BCUT2D eigenvalue weighted by atomic mass is 10.1. The number of carbonyl (C=O) groups excluding carboxylic acids is 7. The number of carbonyl (C=O) groups is 8. The minimum atomic E-state index is -1.14. The topological polar surface area (TPSA) is 359 Å². The van der Waals surface area contributed by atoms with Crippen molar-refractivity contribution in [3.8, 4) is 0 Å². The van der Waals surface area contributed by atoms with Gasteiger partial charge in [-0.3, -0.25) is 4.79 Å². The van der Waals surface area contributed by atoms with Crippen LogP contribution in [0.15, 0.2) is 121 Å². The summed E-state index contributed by atoms with van der Waals surface area (Å²) >= 11 is 0. The zero-order valence-electron chi connectivity index (χ0n) is 54.5. The van der Waals surface area contributed by atoms with Gasteiger partial charge in [0.2, 0.25) is 5.91 Å². The zero-order chi connectivity index (χ0) is 68.2. The van der Waals surface area contributed by atoms with Crippen molar-refractivity contribution in [1.82, 2.24) is 37.2 Å². The average Bonchev–Trinajstić information content (AvgIpc) is 2.05. The fourth-order valence-corrected chi connectivity index (χ4v) is 7.39. The van der Waals surface area contributed by atoms with Crippen LogP contribution < -0.4 is 43.0 Å². The molecule has 2 atom stereocenters. The van der Waals surface area contributed by atoms with E-state index in [9.17, 15) is 43.5 Å². The fourth-order valence-electron chi connectivity index (χ4n) is 7.39. The van der Waals surface area contributed by atoms with Crippen LogP contribution in [0, 0.1) is 0 Å². The molecule has 27 nitrogen and oxygen atoms in total. The lowest BCUT2D eigenvalue weighted by Gasteiger charge is -2.19. The summed E-state index contributed by atoms with van der Waals surface area (Å²) in [7, 11) is 0. The van der Waals surface area contributed by atoms with Crippen molar-refractivity contribution in [3.63, 3.8) is 0 Å². The van der Waals surface area contributed by atoms with Gasteiger partial charge in [0.15, 0.2) is 0 Å². The lowest BCUT2D eigenvalue weighted by Crippen LogP contribution is -2.47. The predicted molar refractivity (Wildman–Crippen MR) is 352 cm³/mol. The molecule has 4 aromatic carbocycles. The Morgan fingerprint density at radius 3 is 1.01 bits per heavy atom. The monoisotopic (exact) mass is 1320 g/mol. The quantitative estimate of drug-likeness (QED) is 0.0149. The van der Waals surface area contributed by atoms with Crippen LogP contribution in [-0.2, 0) is 83.4 Å². The summed E-state index contributed by atoms with van der Waals surface area (Å²) in [5.41, 5.74) is 7.63. The highest BCUT2D eigenvalue weighted by Gasteiger charge is 2.23. The molecule has 524 valence electrons. The first kappa shape index (κ1) is 83.3. The van der Waals surface area contributed by atoms with Crippen molar-refractivity contribution in [1.29, 1.82) is 0 Å². The van der Waals surface area contributed by atoms with Crippen LogP contribution in [-0.4, -0.2) is 169 Å². The van der Waals surface area contributed by atoms with Crippen molar-refractivity contribution in [2.75, 3.05) is 92.1 Å². The molecule has 10 N–H and O–H groups in total. The van der Waals surface area contributed by atoms with E-state index < -0.39 is 65.8 Å². The highest BCUT2D eigenvalue weighted by Crippen LogP contribution is 2.10. The average molecular weight is 1320 g/mol. The zero-order valence-corrected chi connectivity index (χ0v) is 54.5. The summed E-state index contributed by atoms with van der Waals surface area (Å²) < 4.78 is 52.1. The summed E-state index contributed by atoms with van der Waals surface area (Å²) in [5.74, 6) is -1.51. The maximum absolute atomic E-state index is 12.9. The summed E-state index contributed by atoms with van der Waals surface area (Å²) in [6, 6.07) is 35.1. The Kier molecular flexibility index (Phi) is 45.8. The maximum Gasteiger partial charge on any atom is 0.408 e. The second kappa shape index (κ2) is 51.7. The van der Waals surface area contributed by atoms with Crippen LogP contribution >= 0.6 is 0 Å². The molecule has 94 heavy (non-hydrogen) atoms. The van der Waals surface area contributed by atoms with Crippen LogP contribution in [0.1, 0.15) is 110 Å². The van der Waals surface area contributed by atoms with E-state index in [0.29, 0.717) is 111 Å². The van der Waals surface area contributed by atoms with Crippen molar-refractivity contribution in [2.24, 2.45) is 5.73 Å². The van der Waals surface area contributed by atoms with E-state index >= 15 is 0 Å². The van der Waals surface area contributed by atoms with E-state index in [2.05, 4.69) is 37.2 Å². The molecule has 0 bridgehead atoms. The first-order valence-corrected chi connectivity index (χ1v) is 30.9. The molecular formula is C67H102N8O19. The number of ether oxygens (including phenoxy) is 10. The van der Waals surface area contributed by atoms with Crippen LogP contribution in [0.2, 0.25) is 0 Å². The van der Waals surface area contributed by atoms with Gasteiger partial charge in [0, 0.05) is 39.3 Å². The van der Waals surface area contributed by atoms with E-state index in [1.54, 1.807) is 32.9 Å². The molecule has 4 aromatic rings. The van der Waals surface area contributed by atoms with Crippen LogP contribution in [0.5, 0.6) is 0 Å². The minimum Gasteiger partial charge on any atom is -0.480 e. The summed E-state index contributed by atoms with van der Waals surface area (Å²) in [5, 5.41) is 27.5. The smallest absolute Gasteiger partial charge is 0.408 e. The molecule has 0 aromatic heterocycles. The first-order chi connectivity index (χ1) is 44.6. The second-order valence-electron chi connectivity index (χ2n) is 22.2. The van der Waals surface area contributed by atoms with E-state index in [0.717, 1.165) is 22.3 Å². The van der Waals surface area contributed by atoms with Gasteiger partial charge >= 0.3 is 42.5 Å². The highest BCUT2D eigenvalue weighted by atomic mass is 16.6. The molecule has 4 rings (SSSR count). The normalized spacial score (nSPS) is 11.3. The van der Waals surface area contributed by atoms with Gasteiger partial charge in [-0.15, -0.1) is 0 Å². The molecule has 2 unspecified atom stereocenters. The van der Waals surface area contributed by atoms with Gasteiger partial charge in [0.05, 0.1) is 52.9 Å². The molecule has 7 amide bonds. The molecule has 0 heterocycles. The molecule has 0 aliphatic heterocycles. The highest BCUT2D eigenvalue weighted by molar-refractivity contribution is 5.85. The molecule has 0 radical (unpaired) electrons. The number of rotatable bonds is 39. The van der Waals surface area contributed by atoms with E-state index in [1.807, 2.05) is 130 Å². The summed E-state index contributed by atoms with van der Waals surface area (Å²) in [4.78, 5) is 95.0. The largest absolute Gasteiger partial charge is 0.480 e. The van der Waals surface area contributed by atoms with Crippen molar-refractivity contribution in [2.45, 2.75) is 137 Å². The lowest BCUT2D eigenvalue weighted by molar-refractivity contribution is -0.139. The van der Waals surface area contributed by atoms with Gasteiger partial charge in [0.1, 0.15) is 49.7 Å². The molecule has 0 saturated heterocycles. The Morgan fingerprint density at radius 2 is 0.681 bits per heavy atom. The second-order valence-corrected chi connectivity index (χ2v) is 22.2. The number of carboxylic acids is 1. The number of benzene rings is 4. The third-order valence-corrected chi connectivity index (χ3v) is 11.8. The number of nitrogens with two attached hydrogens (primary N) is 1. The molecule has 0 aliphatic carbocycles. The molecular weight excluding hydrogens is 1220 g/mol. The Labute approximate surface area is 553 Å². The number of nitrogens with one attached hydrogen (secondary N) is 7. The molecule has 0 aliphatic rings. The Morgan fingerprint density at radius 1 is 0.383 bits per heavy atom. The number of aliphatic carboxylic acids is 1. The standard InChI is InChI=1S/C33H48N4O9.C22H26N2O6.C11H24N2O4.CH4/c1-33(2,3)46-31(40)36-19-21-43-23-22-42-20-18-34-29(38)28(37-32(41)45-25-27-14-8-5-9-15-27)16-10-11-17-35-30(39)44-24-26-12-6-4-7-13-26;25-20(26)19(24-22(28)30-16-18-11-5-2-6-12-18)13-7-8-14-23-21(27)29-15-17-9-3-1-4-10-17;1-11(2,3)17-10(14)13-5-7-16-9-8-15-6-4-12;/h4-9,12-15,28H,10-11,16-25H2,1-3H3,(H,34,38)(H,35,39)(H,36,40)(H,37,41);1-6,9-12,19H,7-8,13-16H2,(H,23,27)(H,24,28)(H,25,26);4-9,12H2,1-3H3,(H,13,14);1H4. The van der Waals surface area contributed by atoms with Crippen LogP contribution in [0.4, 0.5) is 28.8 Å². The van der Waals surface area contributed by atoms with Gasteiger partial charge < -0.3 is 95.4 Å². The fraction of sp³-hybridized carbons (Fsp3) is 0.522.